The molecule has 0 aromatic heterocycles. The SMILES string of the molecule is CCOC(=O)C1=CC[C@]2(C(=O)c3ccc(Cl)cc3)C(=O)Oc3ccccc3[C@H]12. The number of allylic oxidation sites excluding steroid dienone is 1. The van der Waals surface area contributed by atoms with Crippen LogP contribution >= 0.6 is 11.6 Å². The highest BCUT2D eigenvalue weighted by Crippen LogP contribution is 2.56. The maximum atomic E-state index is 13.5. The molecule has 1 aliphatic heterocycles. The summed E-state index contributed by atoms with van der Waals surface area (Å²) < 4.78 is 10.7. The summed E-state index contributed by atoms with van der Waals surface area (Å²) in [5, 5.41) is 0.485. The topological polar surface area (TPSA) is 69.7 Å². The van der Waals surface area contributed by atoms with Crippen molar-refractivity contribution in [2.75, 3.05) is 6.61 Å². The molecule has 142 valence electrons. The van der Waals surface area contributed by atoms with Crippen LogP contribution in [-0.4, -0.2) is 24.3 Å². The molecule has 0 saturated carbocycles. The standard InChI is InChI=1S/C22H17ClO5/c1-2-27-20(25)16-11-12-22(19(24)13-7-9-14(23)10-8-13)18(16)15-5-3-4-6-17(15)28-21(22)26/h3-11,18H,2,12H2,1H3/t18-,22+/m1/s1. The van der Waals surface area contributed by atoms with E-state index in [1.165, 1.54) is 0 Å². The highest BCUT2D eigenvalue weighted by molar-refractivity contribution is 6.30. The molecule has 0 bridgehead atoms. The number of fused-ring (bicyclic) bond motifs is 3. The number of carbonyl (C=O) groups is 3. The van der Waals surface area contributed by atoms with Gasteiger partial charge in [0.05, 0.1) is 6.61 Å². The monoisotopic (exact) mass is 396 g/mol. The molecule has 5 nitrogen and oxygen atoms in total. The van der Waals surface area contributed by atoms with Gasteiger partial charge in [-0.25, -0.2) is 4.79 Å². The molecule has 2 aromatic rings. The minimum absolute atomic E-state index is 0.0699. The summed E-state index contributed by atoms with van der Waals surface area (Å²) in [6.07, 6.45) is 1.69. The Morgan fingerprint density at radius 3 is 2.61 bits per heavy atom. The fourth-order valence-electron chi connectivity index (χ4n) is 4.00. The second-order valence-corrected chi connectivity index (χ2v) is 7.19. The normalized spacial score (nSPS) is 22.6. The Kier molecular flexibility index (Phi) is 4.55. The molecule has 2 aromatic carbocycles. The van der Waals surface area contributed by atoms with Crippen LogP contribution in [0.15, 0.2) is 60.2 Å². The van der Waals surface area contributed by atoms with Gasteiger partial charge in [-0.2, -0.15) is 0 Å². The minimum atomic E-state index is -1.54. The first-order chi connectivity index (χ1) is 13.5. The Morgan fingerprint density at radius 1 is 1.18 bits per heavy atom. The van der Waals surface area contributed by atoms with Gasteiger partial charge in [0.15, 0.2) is 5.78 Å². The summed E-state index contributed by atoms with van der Waals surface area (Å²) in [7, 11) is 0. The molecule has 0 saturated heterocycles. The molecule has 0 radical (unpaired) electrons. The van der Waals surface area contributed by atoms with Crippen molar-refractivity contribution in [2.45, 2.75) is 19.3 Å². The maximum Gasteiger partial charge on any atom is 0.334 e. The highest BCUT2D eigenvalue weighted by Gasteiger charge is 2.61. The summed E-state index contributed by atoms with van der Waals surface area (Å²) in [6.45, 7) is 1.91. The summed E-state index contributed by atoms with van der Waals surface area (Å²) in [4.78, 5) is 39.2. The Bertz CT molecular complexity index is 1010. The van der Waals surface area contributed by atoms with Gasteiger partial charge in [-0.1, -0.05) is 35.9 Å². The van der Waals surface area contributed by atoms with E-state index in [9.17, 15) is 14.4 Å². The van der Waals surface area contributed by atoms with Crippen LogP contribution in [0.4, 0.5) is 0 Å². The van der Waals surface area contributed by atoms with Gasteiger partial charge in [-0.05, 0) is 43.7 Å². The molecule has 1 aliphatic carbocycles. The van der Waals surface area contributed by atoms with E-state index in [0.29, 0.717) is 27.5 Å². The zero-order chi connectivity index (χ0) is 19.9. The molecule has 0 unspecified atom stereocenters. The fraction of sp³-hybridized carbons (Fsp3) is 0.227. The summed E-state index contributed by atoms with van der Waals surface area (Å²) in [5.41, 5.74) is -0.261. The Morgan fingerprint density at radius 2 is 1.89 bits per heavy atom. The van der Waals surface area contributed by atoms with Gasteiger partial charge in [-0.15, -0.1) is 0 Å². The van der Waals surface area contributed by atoms with Crippen LogP contribution in [0.2, 0.25) is 5.02 Å². The number of ketones is 1. The van der Waals surface area contributed by atoms with Gasteiger partial charge >= 0.3 is 11.9 Å². The maximum absolute atomic E-state index is 13.5. The second kappa shape index (κ2) is 6.91. The van der Waals surface area contributed by atoms with Crippen LogP contribution in [-0.2, 0) is 14.3 Å². The lowest BCUT2D eigenvalue weighted by molar-refractivity contribution is -0.145. The molecule has 0 N–H and O–H groups in total. The summed E-state index contributed by atoms with van der Waals surface area (Å²) in [6, 6.07) is 13.3. The van der Waals surface area contributed by atoms with Crippen molar-refractivity contribution >= 4 is 29.3 Å². The van der Waals surface area contributed by atoms with E-state index >= 15 is 0 Å². The summed E-state index contributed by atoms with van der Waals surface area (Å²) in [5.74, 6) is -1.99. The number of para-hydroxylation sites is 1. The molecule has 0 fully saturated rings. The molecule has 2 atom stereocenters. The first-order valence-corrected chi connectivity index (χ1v) is 9.35. The van der Waals surface area contributed by atoms with Crippen molar-refractivity contribution in [1.82, 2.24) is 0 Å². The van der Waals surface area contributed by atoms with E-state index in [0.717, 1.165) is 0 Å². The molecular formula is C22H17ClO5. The average Bonchev–Trinajstić information content (AvgIpc) is 3.11. The third kappa shape index (κ3) is 2.66. The van der Waals surface area contributed by atoms with E-state index in [1.807, 2.05) is 0 Å². The quantitative estimate of drug-likeness (QED) is 0.337. The Balaban J connectivity index is 1.87. The third-order valence-corrected chi connectivity index (χ3v) is 5.52. The van der Waals surface area contributed by atoms with Gasteiger partial charge in [0, 0.05) is 27.6 Å². The van der Waals surface area contributed by atoms with Gasteiger partial charge in [0.25, 0.3) is 0 Å². The van der Waals surface area contributed by atoms with E-state index < -0.39 is 29.1 Å². The van der Waals surface area contributed by atoms with Crippen molar-refractivity contribution in [3.63, 3.8) is 0 Å². The Labute approximate surface area is 166 Å². The van der Waals surface area contributed by atoms with Crippen molar-refractivity contribution in [3.8, 4) is 5.75 Å². The highest BCUT2D eigenvalue weighted by atomic mass is 35.5. The number of carbonyl (C=O) groups excluding carboxylic acids is 3. The number of rotatable bonds is 4. The van der Waals surface area contributed by atoms with Gasteiger partial charge < -0.3 is 9.47 Å². The van der Waals surface area contributed by atoms with Crippen molar-refractivity contribution < 1.29 is 23.9 Å². The number of ether oxygens (including phenoxy) is 2. The molecule has 28 heavy (non-hydrogen) atoms. The number of Topliss-reactive ketones (excluding diaryl/α,β-unsaturated/α-hetero) is 1. The van der Waals surface area contributed by atoms with Crippen LogP contribution in [0, 0.1) is 5.41 Å². The van der Waals surface area contributed by atoms with Crippen LogP contribution in [0.5, 0.6) is 5.75 Å². The average molecular weight is 397 g/mol. The minimum Gasteiger partial charge on any atom is -0.463 e. The molecule has 4 rings (SSSR count). The van der Waals surface area contributed by atoms with Gasteiger partial charge in [0.1, 0.15) is 11.2 Å². The predicted octanol–water partition coefficient (Wildman–Crippen LogP) is 4.11. The lowest BCUT2D eigenvalue weighted by Gasteiger charge is -2.38. The predicted molar refractivity (Wildman–Crippen MR) is 102 cm³/mol. The van der Waals surface area contributed by atoms with E-state index in [2.05, 4.69) is 0 Å². The molecule has 0 amide bonds. The summed E-state index contributed by atoms with van der Waals surface area (Å²) >= 11 is 5.93. The number of halogens is 1. The second-order valence-electron chi connectivity index (χ2n) is 6.75. The fourth-order valence-corrected chi connectivity index (χ4v) is 4.13. The van der Waals surface area contributed by atoms with Crippen molar-refractivity contribution in [3.05, 3.63) is 76.3 Å². The number of hydrogen-bond acceptors (Lipinski definition) is 5. The lowest BCUT2D eigenvalue weighted by atomic mass is 9.66. The molecule has 2 aliphatic rings. The molecule has 0 spiro atoms. The van der Waals surface area contributed by atoms with Crippen molar-refractivity contribution in [1.29, 1.82) is 0 Å². The largest absolute Gasteiger partial charge is 0.463 e. The first-order valence-electron chi connectivity index (χ1n) is 8.97. The number of esters is 2. The molecule has 6 heteroatoms. The Hall–Kier alpha value is -2.92. The van der Waals surface area contributed by atoms with Gasteiger partial charge in [-0.3, -0.25) is 9.59 Å². The van der Waals surface area contributed by atoms with Crippen LogP contribution in [0.1, 0.15) is 35.2 Å². The smallest absolute Gasteiger partial charge is 0.334 e. The van der Waals surface area contributed by atoms with Crippen molar-refractivity contribution in [2.24, 2.45) is 5.41 Å². The first kappa shape index (κ1) is 18.4. The third-order valence-electron chi connectivity index (χ3n) is 5.27. The van der Waals surface area contributed by atoms with Crippen LogP contribution < -0.4 is 4.74 Å². The van der Waals surface area contributed by atoms with Crippen LogP contribution in [0.3, 0.4) is 0 Å². The number of benzene rings is 2. The van der Waals surface area contributed by atoms with Crippen LogP contribution in [0.25, 0.3) is 0 Å². The van der Waals surface area contributed by atoms with Gasteiger partial charge in [0.2, 0.25) is 0 Å². The zero-order valence-electron chi connectivity index (χ0n) is 15.1. The van der Waals surface area contributed by atoms with E-state index in [1.54, 1.807) is 61.5 Å². The number of hydrogen-bond donors (Lipinski definition) is 0. The van der Waals surface area contributed by atoms with E-state index in [-0.39, 0.29) is 13.0 Å². The van der Waals surface area contributed by atoms with E-state index in [4.69, 9.17) is 21.1 Å². The lowest BCUT2D eigenvalue weighted by Crippen LogP contribution is -2.48. The molecule has 1 heterocycles. The molecular weight excluding hydrogens is 380 g/mol. The zero-order valence-corrected chi connectivity index (χ0v) is 15.9.